The zero-order valence-electron chi connectivity index (χ0n) is 28.2. The van der Waals surface area contributed by atoms with E-state index in [1.54, 1.807) is 0 Å². The molecule has 1 saturated heterocycles. The molecular formula is C35H53N9O5. The molecule has 1 aromatic rings. The van der Waals surface area contributed by atoms with Crippen LogP contribution in [0.1, 0.15) is 82.6 Å². The molecule has 11 N–H and O–H groups in total. The topological polar surface area (TPSA) is 233 Å². The van der Waals surface area contributed by atoms with Gasteiger partial charge in [-0.05, 0) is 112 Å². The minimum absolute atomic E-state index is 0.0756. The Morgan fingerprint density at radius 1 is 0.878 bits per heavy atom. The molecular weight excluding hydrogens is 626 g/mol. The van der Waals surface area contributed by atoms with E-state index in [9.17, 15) is 24.0 Å². The zero-order valence-corrected chi connectivity index (χ0v) is 28.2. The van der Waals surface area contributed by atoms with E-state index in [0.717, 1.165) is 24.8 Å². The molecule has 6 rings (SSSR count). The van der Waals surface area contributed by atoms with Gasteiger partial charge in [0.2, 0.25) is 23.6 Å². The molecule has 49 heavy (non-hydrogen) atoms. The molecule has 4 aliphatic carbocycles. The van der Waals surface area contributed by atoms with Crippen molar-refractivity contribution in [1.29, 1.82) is 5.41 Å². The SMILES string of the molecule is N=C1NCCC[C@@H](NC(=O)[C@@H](N)Cc2ccccc2)C(=O)N[C@@H](CC23CC4CC(CC(C4)C2)C3)C(=O)N[C@@H](C(N)=O)CCCCNC(=O)N1. The van der Waals surface area contributed by atoms with E-state index in [0.29, 0.717) is 50.0 Å². The van der Waals surface area contributed by atoms with Crippen LogP contribution >= 0.6 is 0 Å². The molecule has 1 aliphatic heterocycles. The van der Waals surface area contributed by atoms with Crippen LogP contribution in [0, 0.1) is 28.6 Å². The maximum Gasteiger partial charge on any atom is 0.321 e. The summed E-state index contributed by atoms with van der Waals surface area (Å²) in [5, 5.41) is 24.6. The van der Waals surface area contributed by atoms with Crippen molar-refractivity contribution in [3.8, 4) is 0 Å². The first kappa shape index (κ1) is 36.1. The third-order valence-corrected chi connectivity index (χ3v) is 10.8. The van der Waals surface area contributed by atoms with Gasteiger partial charge in [-0.25, -0.2) is 4.79 Å². The summed E-state index contributed by atoms with van der Waals surface area (Å²) < 4.78 is 0. The Kier molecular flexibility index (Phi) is 12.1. The number of carbonyl (C=O) groups excluding carboxylic acids is 5. The van der Waals surface area contributed by atoms with Gasteiger partial charge in [0, 0.05) is 13.1 Å². The fourth-order valence-corrected chi connectivity index (χ4v) is 8.92. The van der Waals surface area contributed by atoms with Gasteiger partial charge in [0.15, 0.2) is 5.96 Å². The van der Waals surface area contributed by atoms with E-state index in [-0.39, 0.29) is 37.2 Å². The summed E-state index contributed by atoms with van der Waals surface area (Å²) in [7, 11) is 0. The highest BCUT2D eigenvalue weighted by atomic mass is 16.2. The van der Waals surface area contributed by atoms with Crippen LogP contribution in [-0.4, -0.2) is 72.9 Å². The summed E-state index contributed by atoms with van der Waals surface area (Å²) in [6.45, 7) is 0.545. The summed E-state index contributed by atoms with van der Waals surface area (Å²) in [5.41, 5.74) is 12.8. The molecule has 5 aliphatic rings. The van der Waals surface area contributed by atoms with Gasteiger partial charge in [-0.3, -0.25) is 29.9 Å². The quantitative estimate of drug-likeness (QED) is 0.202. The zero-order chi connectivity index (χ0) is 35.0. The van der Waals surface area contributed by atoms with Crippen molar-refractivity contribution < 1.29 is 24.0 Å². The average molecular weight is 680 g/mol. The first-order valence-corrected chi connectivity index (χ1v) is 17.9. The highest BCUT2D eigenvalue weighted by Gasteiger charge is 2.52. The van der Waals surface area contributed by atoms with E-state index in [1.807, 2.05) is 30.3 Å². The lowest BCUT2D eigenvalue weighted by molar-refractivity contribution is -0.136. The molecule has 4 saturated carbocycles. The molecule has 268 valence electrons. The molecule has 0 aromatic heterocycles. The molecule has 1 aromatic carbocycles. The fraction of sp³-hybridized carbons (Fsp3) is 0.657. The number of nitrogens with one attached hydrogen (secondary N) is 7. The summed E-state index contributed by atoms with van der Waals surface area (Å²) >= 11 is 0. The first-order valence-electron chi connectivity index (χ1n) is 17.9. The molecule has 0 radical (unpaired) electrons. The van der Waals surface area contributed by atoms with Crippen molar-refractivity contribution in [2.45, 2.75) is 108 Å². The van der Waals surface area contributed by atoms with Gasteiger partial charge in [0.1, 0.15) is 18.1 Å². The molecule has 0 unspecified atom stereocenters. The monoisotopic (exact) mass is 679 g/mol. The van der Waals surface area contributed by atoms with Gasteiger partial charge in [-0.2, -0.15) is 0 Å². The van der Waals surface area contributed by atoms with Crippen molar-refractivity contribution in [2.75, 3.05) is 13.1 Å². The number of benzene rings is 1. The van der Waals surface area contributed by atoms with E-state index in [2.05, 4.69) is 31.9 Å². The summed E-state index contributed by atoms with van der Waals surface area (Å²) in [4.78, 5) is 66.1. The standard InChI is InChI=1S/C35H53N9O5/c36-25(16-21-7-2-1-3-8-21)30(46)42-27-10-6-12-39-33(38)44-34(49)40-11-5-4-9-26(29(37)45)41-32(48)28(43-31(27)47)20-35-17-22-13-23(18-35)15-24(14-22)19-35/h1-3,7-8,22-28H,4-6,9-20,36H2,(H2,37,45)(H,41,48)(H,42,46)(H,43,47)(H4,38,39,40,44,49)/t22?,23?,24?,25-,26+,27+,28-,35?/m0/s1. The van der Waals surface area contributed by atoms with Gasteiger partial charge in [-0.1, -0.05) is 30.3 Å². The predicted octanol–water partition coefficient (Wildman–Crippen LogP) is 0.890. The van der Waals surface area contributed by atoms with Crippen LogP contribution in [0.15, 0.2) is 30.3 Å². The largest absolute Gasteiger partial charge is 0.368 e. The summed E-state index contributed by atoms with van der Waals surface area (Å²) in [6.07, 6.45) is 9.27. The average Bonchev–Trinajstić information content (AvgIpc) is 3.04. The molecule has 4 atom stereocenters. The van der Waals surface area contributed by atoms with E-state index >= 15 is 0 Å². The Morgan fingerprint density at radius 3 is 2.18 bits per heavy atom. The number of carbonyl (C=O) groups is 5. The van der Waals surface area contributed by atoms with Crippen molar-refractivity contribution >= 4 is 35.6 Å². The van der Waals surface area contributed by atoms with E-state index in [4.69, 9.17) is 16.9 Å². The van der Waals surface area contributed by atoms with E-state index < -0.39 is 53.8 Å². The maximum absolute atomic E-state index is 14.1. The van der Waals surface area contributed by atoms with Crippen molar-refractivity contribution in [1.82, 2.24) is 31.9 Å². The number of rotatable bonds is 7. The Labute approximate surface area is 287 Å². The van der Waals surface area contributed by atoms with Crippen LogP contribution < -0.4 is 43.4 Å². The predicted molar refractivity (Wildman–Crippen MR) is 184 cm³/mol. The van der Waals surface area contributed by atoms with E-state index in [1.165, 1.54) is 19.3 Å². The van der Waals surface area contributed by atoms with Gasteiger partial charge < -0.3 is 38.1 Å². The highest BCUT2D eigenvalue weighted by molar-refractivity contribution is 5.95. The lowest BCUT2D eigenvalue weighted by atomic mass is 9.48. The van der Waals surface area contributed by atoms with Gasteiger partial charge >= 0.3 is 6.03 Å². The Balaban J connectivity index is 1.36. The Morgan fingerprint density at radius 2 is 1.53 bits per heavy atom. The molecule has 14 heteroatoms. The molecule has 6 amide bonds. The normalized spacial score (nSPS) is 32.1. The maximum atomic E-state index is 14.1. The minimum Gasteiger partial charge on any atom is -0.368 e. The van der Waals surface area contributed by atoms with Crippen molar-refractivity contribution in [3.63, 3.8) is 0 Å². The number of primary amides is 1. The van der Waals surface area contributed by atoms with Crippen LogP contribution in [0.3, 0.4) is 0 Å². The second-order valence-corrected chi connectivity index (χ2v) is 14.8. The molecule has 5 fully saturated rings. The lowest BCUT2D eigenvalue weighted by Gasteiger charge is -2.57. The first-order chi connectivity index (χ1) is 23.5. The summed E-state index contributed by atoms with van der Waals surface area (Å²) in [6, 6.07) is 4.97. The molecule has 1 heterocycles. The molecule has 0 spiro atoms. The van der Waals surface area contributed by atoms with Crippen LogP contribution in [0.25, 0.3) is 0 Å². The smallest absolute Gasteiger partial charge is 0.321 e. The Bertz CT molecular complexity index is 1340. The number of urea groups is 1. The van der Waals surface area contributed by atoms with Crippen molar-refractivity contribution in [2.24, 2.45) is 34.6 Å². The van der Waals surface area contributed by atoms with Gasteiger partial charge in [0.25, 0.3) is 0 Å². The van der Waals surface area contributed by atoms with Crippen LogP contribution in [0.2, 0.25) is 0 Å². The lowest BCUT2D eigenvalue weighted by Crippen LogP contribution is -2.59. The Hall–Kier alpha value is -4.20. The van der Waals surface area contributed by atoms with Gasteiger partial charge in [-0.15, -0.1) is 0 Å². The number of guanidine groups is 1. The van der Waals surface area contributed by atoms with Gasteiger partial charge in [0.05, 0.1) is 6.04 Å². The van der Waals surface area contributed by atoms with Crippen molar-refractivity contribution in [3.05, 3.63) is 35.9 Å². The second-order valence-electron chi connectivity index (χ2n) is 14.8. The molecule has 14 nitrogen and oxygen atoms in total. The minimum atomic E-state index is -1.03. The van der Waals surface area contributed by atoms with Crippen LogP contribution in [0.5, 0.6) is 0 Å². The fourth-order valence-electron chi connectivity index (χ4n) is 8.92. The number of hydrogen-bond donors (Lipinski definition) is 9. The van der Waals surface area contributed by atoms with Crippen LogP contribution in [0.4, 0.5) is 4.79 Å². The number of nitrogens with two attached hydrogens (primary N) is 2. The highest BCUT2D eigenvalue weighted by Crippen LogP contribution is 2.61. The third-order valence-electron chi connectivity index (χ3n) is 10.8. The summed E-state index contributed by atoms with van der Waals surface area (Å²) in [5.74, 6) is -0.484. The third kappa shape index (κ3) is 10.2. The second kappa shape index (κ2) is 16.5. The number of amides is 6. The molecule has 4 bridgehead atoms. The number of hydrogen-bond acceptors (Lipinski definition) is 7. The van der Waals surface area contributed by atoms with Crippen LogP contribution in [-0.2, 0) is 25.6 Å².